The summed E-state index contributed by atoms with van der Waals surface area (Å²) >= 11 is 5.79. The monoisotopic (exact) mass is 254 g/mol. The summed E-state index contributed by atoms with van der Waals surface area (Å²) in [5, 5.41) is 6.81. The minimum Gasteiger partial charge on any atom is -0.354 e. The van der Waals surface area contributed by atoms with Crippen LogP contribution in [-0.4, -0.2) is 18.5 Å². The standard InChI is InChI=1S/C13H19ClN2O/c1-10(2)16-13(17)7-8-15-9-11-3-5-12(14)6-4-11/h3-6,10,15H,7-9H2,1-2H3,(H,16,17). The Balaban J connectivity index is 2.16. The van der Waals surface area contributed by atoms with Crippen molar-refractivity contribution in [2.75, 3.05) is 6.54 Å². The molecular weight excluding hydrogens is 236 g/mol. The zero-order valence-electron chi connectivity index (χ0n) is 10.3. The van der Waals surface area contributed by atoms with Crippen LogP contribution in [0.2, 0.25) is 5.02 Å². The molecule has 0 unspecified atom stereocenters. The van der Waals surface area contributed by atoms with Crippen LogP contribution in [0.15, 0.2) is 24.3 Å². The van der Waals surface area contributed by atoms with Gasteiger partial charge in [0.25, 0.3) is 0 Å². The van der Waals surface area contributed by atoms with Crippen LogP contribution in [0, 0.1) is 0 Å². The molecule has 0 heterocycles. The predicted molar refractivity (Wildman–Crippen MR) is 71.1 cm³/mol. The van der Waals surface area contributed by atoms with Gasteiger partial charge in [0.15, 0.2) is 0 Å². The molecule has 0 bridgehead atoms. The number of amides is 1. The van der Waals surface area contributed by atoms with Gasteiger partial charge in [-0.05, 0) is 31.5 Å². The summed E-state index contributed by atoms with van der Waals surface area (Å²) in [5.74, 6) is 0.0867. The van der Waals surface area contributed by atoms with Crippen LogP contribution in [0.4, 0.5) is 0 Å². The van der Waals surface area contributed by atoms with Crippen LogP contribution in [-0.2, 0) is 11.3 Å². The van der Waals surface area contributed by atoms with Gasteiger partial charge in [-0.3, -0.25) is 4.79 Å². The Bertz CT molecular complexity index is 349. The minimum absolute atomic E-state index is 0.0867. The van der Waals surface area contributed by atoms with E-state index in [1.807, 2.05) is 38.1 Å². The van der Waals surface area contributed by atoms with Gasteiger partial charge in [0, 0.05) is 30.6 Å². The van der Waals surface area contributed by atoms with E-state index in [1.54, 1.807) is 0 Å². The lowest BCUT2D eigenvalue weighted by Gasteiger charge is -2.08. The molecule has 0 saturated carbocycles. The molecule has 2 N–H and O–H groups in total. The molecular formula is C13H19ClN2O. The van der Waals surface area contributed by atoms with Crippen LogP contribution < -0.4 is 10.6 Å². The third-order valence-electron chi connectivity index (χ3n) is 2.22. The summed E-state index contributed by atoms with van der Waals surface area (Å²) in [6.07, 6.45) is 0.506. The van der Waals surface area contributed by atoms with Gasteiger partial charge in [-0.1, -0.05) is 23.7 Å². The summed E-state index contributed by atoms with van der Waals surface area (Å²) in [6, 6.07) is 7.89. The predicted octanol–water partition coefficient (Wildman–Crippen LogP) is 2.34. The third kappa shape index (κ3) is 6.29. The molecule has 1 aromatic carbocycles. The van der Waals surface area contributed by atoms with Gasteiger partial charge in [0.05, 0.1) is 0 Å². The molecule has 0 aliphatic carbocycles. The number of rotatable bonds is 6. The van der Waals surface area contributed by atoms with Crippen molar-refractivity contribution in [3.63, 3.8) is 0 Å². The van der Waals surface area contributed by atoms with Crippen molar-refractivity contribution in [3.05, 3.63) is 34.9 Å². The van der Waals surface area contributed by atoms with E-state index in [-0.39, 0.29) is 11.9 Å². The molecule has 4 heteroatoms. The smallest absolute Gasteiger partial charge is 0.221 e. The molecule has 0 aliphatic rings. The van der Waals surface area contributed by atoms with Crippen molar-refractivity contribution >= 4 is 17.5 Å². The highest BCUT2D eigenvalue weighted by Gasteiger charge is 2.02. The Hall–Kier alpha value is -1.06. The van der Waals surface area contributed by atoms with E-state index < -0.39 is 0 Å². The highest BCUT2D eigenvalue weighted by Crippen LogP contribution is 2.08. The van der Waals surface area contributed by atoms with E-state index in [1.165, 1.54) is 5.56 Å². The number of nitrogens with one attached hydrogen (secondary N) is 2. The molecule has 0 spiro atoms. The highest BCUT2D eigenvalue weighted by atomic mass is 35.5. The number of hydrogen-bond acceptors (Lipinski definition) is 2. The van der Waals surface area contributed by atoms with E-state index in [4.69, 9.17) is 11.6 Å². The molecule has 0 aromatic heterocycles. The first-order chi connectivity index (χ1) is 8.08. The van der Waals surface area contributed by atoms with E-state index in [2.05, 4.69) is 10.6 Å². The lowest BCUT2D eigenvalue weighted by Crippen LogP contribution is -2.32. The Morgan fingerprint density at radius 2 is 1.94 bits per heavy atom. The quantitative estimate of drug-likeness (QED) is 0.765. The molecule has 1 rings (SSSR count). The molecule has 94 valence electrons. The van der Waals surface area contributed by atoms with Gasteiger partial charge in [0.1, 0.15) is 0 Å². The number of halogens is 1. The molecule has 0 aliphatic heterocycles. The van der Waals surface area contributed by atoms with Crippen molar-refractivity contribution in [1.82, 2.24) is 10.6 Å². The maximum Gasteiger partial charge on any atom is 0.221 e. The average Bonchev–Trinajstić information content (AvgIpc) is 2.26. The Morgan fingerprint density at radius 1 is 1.29 bits per heavy atom. The van der Waals surface area contributed by atoms with Gasteiger partial charge in [-0.15, -0.1) is 0 Å². The van der Waals surface area contributed by atoms with E-state index in [0.29, 0.717) is 13.0 Å². The number of carbonyl (C=O) groups excluding carboxylic acids is 1. The van der Waals surface area contributed by atoms with Crippen molar-refractivity contribution in [2.45, 2.75) is 32.9 Å². The van der Waals surface area contributed by atoms with Crippen molar-refractivity contribution in [2.24, 2.45) is 0 Å². The molecule has 3 nitrogen and oxygen atoms in total. The molecule has 0 radical (unpaired) electrons. The van der Waals surface area contributed by atoms with Gasteiger partial charge >= 0.3 is 0 Å². The molecule has 1 aromatic rings. The summed E-state index contributed by atoms with van der Waals surface area (Å²) in [4.78, 5) is 11.3. The van der Waals surface area contributed by atoms with Gasteiger partial charge in [-0.25, -0.2) is 0 Å². The first-order valence-electron chi connectivity index (χ1n) is 5.82. The van der Waals surface area contributed by atoms with Crippen molar-refractivity contribution in [3.8, 4) is 0 Å². The Labute approximate surface area is 108 Å². The van der Waals surface area contributed by atoms with Crippen LogP contribution in [0.25, 0.3) is 0 Å². The summed E-state index contributed by atoms with van der Waals surface area (Å²) < 4.78 is 0. The zero-order valence-corrected chi connectivity index (χ0v) is 11.1. The van der Waals surface area contributed by atoms with Crippen LogP contribution >= 0.6 is 11.6 Å². The van der Waals surface area contributed by atoms with E-state index >= 15 is 0 Å². The van der Waals surface area contributed by atoms with E-state index in [0.717, 1.165) is 11.6 Å². The second-order valence-electron chi connectivity index (χ2n) is 4.28. The lowest BCUT2D eigenvalue weighted by atomic mass is 10.2. The second kappa shape index (κ2) is 7.30. The summed E-state index contributed by atoms with van der Waals surface area (Å²) in [7, 11) is 0. The fourth-order valence-corrected chi connectivity index (χ4v) is 1.56. The molecule has 0 fully saturated rings. The summed E-state index contributed by atoms with van der Waals surface area (Å²) in [5.41, 5.74) is 1.17. The molecule has 1 amide bonds. The third-order valence-corrected chi connectivity index (χ3v) is 2.47. The Kier molecular flexibility index (Phi) is 6.01. The lowest BCUT2D eigenvalue weighted by molar-refractivity contribution is -0.121. The highest BCUT2D eigenvalue weighted by molar-refractivity contribution is 6.30. The minimum atomic E-state index is 0.0867. The normalized spacial score (nSPS) is 10.6. The fourth-order valence-electron chi connectivity index (χ4n) is 1.43. The maximum atomic E-state index is 11.3. The van der Waals surface area contributed by atoms with E-state index in [9.17, 15) is 4.79 Å². The molecule has 0 atom stereocenters. The number of hydrogen-bond donors (Lipinski definition) is 2. The largest absolute Gasteiger partial charge is 0.354 e. The SMILES string of the molecule is CC(C)NC(=O)CCNCc1ccc(Cl)cc1. The zero-order chi connectivity index (χ0) is 12.7. The van der Waals surface area contributed by atoms with Gasteiger partial charge < -0.3 is 10.6 Å². The first-order valence-corrected chi connectivity index (χ1v) is 6.20. The van der Waals surface area contributed by atoms with Crippen molar-refractivity contribution < 1.29 is 4.79 Å². The number of benzene rings is 1. The van der Waals surface area contributed by atoms with Crippen LogP contribution in [0.5, 0.6) is 0 Å². The number of carbonyl (C=O) groups is 1. The van der Waals surface area contributed by atoms with Crippen molar-refractivity contribution in [1.29, 1.82) is 0 Å². The summed E-state index contributed by atoms with van der Waals surface area (Å²) in [6.45, 7) is 5.35. The first kappa shape index (κ1) is 14.0. The van der Waals surface area contributed by atoms with Crippen LogP contribution in [0.3, 0.4) is 0 Å². The molecule has 17 heavy (non-hydrogen) atoms. The van der Waals surface area contributed by atoms with Gasteiger partial charge in [0.2, 0.25) is 5.91 Å². The fraction of sp³-hybridized carbons (Fsp3) is 0.462. The average molecular weight is 255 g/mol. The second-order valence-corrected chi connectivity index (χ2v) is 4.71. The maximum absolute atomic E-state index is 11.3. The molecule has 0 saturated heterocycles. The van der Waals surface area contributed by atoms with Crippen LogP contribution in [0.1, 0.15) is 25.8 Å². The topological polar surface area (TPSA) is 41.1 Å². The van der Waals surface area contributed by atoms with Gasteiger partial charge in [-0.2, -0.15) is 0 Å². The Morgan fingerprint density at radius 3 is 2.53 bits per heavy atom.